The van der Waals surface area contributed by atoms with Gasteiger partial charge >= 0.3 is 0 Å². The average Bonchev–Trinajstić information content (AvgIpc) is 3.10. The quantitative estimate of drug-likeness (QED) is 0.810. The van der Waals surface area contributed by atoms with E-state index in [1.165, 1.54) is 11.3 Å². The summed E-state index contributed by atoms with van der Waals surface area (Å²) in [5, 5.41) is 2.70. The summed E-state index contributed by atoms with van der Waals surface area (Å²) in [6.45, 7) is 1.74. The molecule has 3 rings (SSSR count). The molecule has 0 aliphatic carbocycles. The number of hydrogen-bond acceptors (Lipinski definition) is 5. The SMILES string of the molecule is Cl.NCCc1nc(C(=O)N2CCC(C(=O)c3ccccc3)CC2)cs1. The van der Waals surface area contributed by atoms with Gasteiger partial charge in [0.1, 0.15) is 5.69 Å². The van der Waals surface area contributed by atoms with Gasteiger partial charge in [-0.2, -0.15) is 0 Å². The first-order chi connectivity index (χ1) is 11.7. The highest BCUT2D eigenvalue weighted by Crippen LogP contribution is 2.23. The normalized spacial score (nSPS) is 14.8. The van der Waals surface area contributed by atoms with E-state index in [-0.39, 0.29) is 30.0 Å². The van der Waals surface area contributed by atoms with E-state index in [9.17, 15) is 9.59 Å². The van der Waals surface area contributed by atoms with Gasteiger partial charge < -0.3 is 10.6 Å². The molecule has 0 bridgehead atoms. The molecule has 5 nitrogen and oxygen atoms in total. The Morgan fingerprint density at radius 2 is 1.88 bits per heavy atom. The van der Waals surface area contributed by atoms with Gasteiger partial charge in [0, 0.05) is 36.4 Å². The van der Waals surface area contributed by atoms with Crippen LogP contribution in [0.4, 0.5) is 0 Å². The third kappa shape index (κ3) is 4.66. The maximum Gasteiger partial charge on any atom is 0.273 e. The molecule has 1 aromatic heterocycles. The molecule has 0 spiro atoms. The molecule has 1 aliphatic heterocycles. The highest BCUT2D eigenvalue weighted by atomic mass is 35.5. The van der Waals surface area contributed by atoms with Crippen molar-refractivity contribution >= 4 is 35.4 Å². The molecule has 0 atom stereocenters. The van der Waals surface area contributed by atoms with E-state index in [1.807, 2.05) is 30.3 Å². The van der Waals surface area contributed by atoms with Crippen LogP contribution in [-0.2, 0) is 6.42 Å². The van der Waals surface area contributed by atoms with Gasteiger partial charge in [0.05, 0.1) is 5.01 Å². The second-order valence-corrected chi connectivity index (χ2v) is 6.90. The maximum atomic E-state index is 12.5. The Labute approximate surface area is 157 Å². The summed E-state index contributed by atoms with van der Waals surface area (Å²) >= 11 is 1.48. The molecule has 134 valence electrons. The van der Waals surface area contributed by atoms with Crippen LogP contribution in [0.25, 0.3) is 0 Å². The number of ketones is 1. The van der Waals surface area contributed by atoms with E-state index >= 15 is 0 Å². The molecule has 1 aromatic carbocycles. The van der Waals surface area contributed by atoms with E-state index < -0.39 is 0 Å². The smallest absolute Gasteiger partial charge is 0.273 e. The topological polar surface area (TPSA) is 76.3 Å². The number of Topliss-reactive ketones (excluding diaryl/α,β-unsaturated/α-hetero) is 1. The number of piperidine rings is 1. The number of carbonyl (C=O) groups excluding carboxylic acids is 2. The Kier molecular flexibility index (Phi) is 7.11. The van der Waals surface area contributed by atoms with E-state index in [1.54, 1.807) is 10.3 Å². The molecule has 0 saturated carbocycles. The number of benzene rings is 1. The number of nitrogens with two attached hydrogens (primary N) is 1. The van der Waals surface area contributed by atoms with Crippen molar-refractivity contribution in [3.8, 4) is 0 Å². The van der Waals surface area contributed by atoms with Gasteiger partial charge in [-0.05, 0) is 19.4 Å². The van der Waals surface area contributed by atoms with Gasteiger partial charge in [-0.1, -0.05) is 30.3 Å². The zero-order valence-corrected chi connectivity index (χ0v) is 15.5. The van der Waals surface area contributed by atoms with E-state index in [4.69, 9.17) is 5.73 Å². The number of likely N-dealkylation sites (tertiary alicyclic amines) is 1. The Hall–Kier alpha value is -1.76. The van der Waals surface area contributed by atoms with Crippen LogP contribution in [0.15, 0.2) is 35.7 Å². The summed E-state index contributed by atoms with van der Waals surface area (Å²) in [4.78, 5) is 31.2. The van der Waals surface area contributed by atoms with Crippen molar-refractivity contribution in [1.82, 2.24) is 9.88 Å². The molecule has 1 fully saturated rings. The van der Waals surface area contributed by atoms with Gasteiger partial charge in [-0.25, -0.2) is 4.98 Å². The number of halogens is 1. The molecule has 2 N–H and O–H groups in total. The van der Waals surface area contributed by atoms with Crippen molar-refractivity contribution in [3.63, 3.8) is 0 Å². The standard InChI is InChI=1S/C18H21N3O2S.ClH/c19-9-6-16-20-15(12-24-16)18(23)21-10-7-14(8-11-21)17(22)13-4-2-1-3-5-13;/h1-5,12,14H,6-11,19H2;1H. The average molecular weight is 380 g/mol. The van der Waals surface area contributed by atoms with Gasteiger partial charge in [-0.3, -0.25) is 9.59 Å². The zero-order valence-electron chi connectivity index (χ0n) is 13.9. The van der Waals surface area contributed by atoms with Crippen molar-refractivity contribution in [2.24, 2.45) is 11.7 Å². The van der Waals surface area contributed by atoms with Crippen LogP contribution in [0.1, 0.15) is 38.7 Å². The summed E-state index contributed by atoms with van der Waals surface area (Å²) in [6.07, 6.45) is 2.12. The molecular weight excluding hydrogens is 358 g/mol. The van der Waals surface area contributed by atoms with Gasteiger partial charge in [0.2, 0.25) is 0 Å². The largest absolute Gasteiger partial charge is 0.337 e. The maximum absolute atomic E-state index is 12.5. The molecule has 2 aromatic rings. The highest BCUT2D eigenvalue weighted by molar-refractivity contribution is 7.09. The van der Waals surface area contributed by atoms with Crippen LogP contribution in [0.5, 0.6) is 0 Å². The van der Waals surface area contributed by atoms with Gasteiger partial charge in [0.25, 0.3) is 5.91 Å². The second kappa shape index (κ2) is 9.08. The number of aromatic nitrogens is 1. The van der Waals surface area contributed by atoms with Crippen molar-refractivity contribution < 1.29 is 9.59 Å². The Morgan fingerprint density at radius 3 is 2.52 bits per heavy atom. The minimum atomic E-state index is -0.0415. The first-order valence-corrected chi connectivity index (χ1v) is 9.10. The van der Waals surface area contributed by atoms with Crippen LogP contribution in [0.3, 0.4) is 0 Å². The predicted octanol–water partition coefficient (Wildman–Crippen LogP) is 2.80. The van der Waals surface area contributed by atoms with Crippen molar-refractivity contribution in [1.29, 1.82) is 0 Å². The van der Waals surface area contributed by atoms with Crippen LogP contribution in [0, 0.1) is 5.92 Å². The minimum Gasteiger partial charge on any atom is -0.337 e. The summed E-state index contributed by atoms with van der Waals surface area (Å²) < 4.78 is 0. The third-order valence-electron chi connectivity index (χ3n) is 4.34. The third-order valence-corrected chi connectivity index (χ3v) is 5.25. The predicted molar refractivity (Wildman–Crippen MR) is 102 cm³/mol. The van der Waals surface area contributed by atoms with Crippen LogP contribution in [-0.4, -0.2) is 41.2 Å². The lowest BCUT2D eigenvalue weighted by Crippen LogP contribution is -2.40. The fraction of sp³-hybridized carbons (Fsp3) is 0.389. The lowest BCUT2D eigenvalue weighted by Gasteiger charge is -2.30. The molecule has 25 heavy (non-hydrogen) atoms. The molecule has 1 amide bonds. The fourth-order valence-corrected chi connectivity index (χ4v) is 3.78. The summed E-state index contributed by atoms with van der Waals surface area (Å²) in [6, 6.07) is 9.38. The number of amides is 1. The molecule has 1 saturated heterocycles. The highest BCUT2D eigenvalue weighted by Gasteiger charge is 2.29. The van der Waals surface area contributed by atoms with E-state index in [0.29, 0.717) is 44.6 Å². The Bertz CT molecular complexity index is 712. The molecule has 1 aliphatic rings. The second-order valence-electron chi connectivity index (χ2n) is 5.96. The Morgan fingerprint density at radius 1 is 1.20 bits per heavy atom. The van der Waals surface area contributed by atoms with Gasteiger partial charge in [0.15, 0.2) is 5.78 Å². The lowest BCUT2D eigenvalue weighted by atomic mass is 9.89. The summed E-state index contributed by atoms with van der Waals surface area (Å²) in [5.74, 6) is 0.140. The van der Waals surface area contributed by atoms with Crippen LogP contribution >= 0.6 is 23.7 Å². The van der Waals surface area contributed by atoms with Crippen molar-refractivity contribution in [3.05, 3.63) is 52.0 Å². The summed E-state index contributed by atoms with van der Waals surface area (Å²) in [5.41, 5.74) is 6.77. The van der Waals surface area contributed by atoms with E-state index in [0.717, 1.165) is 10.6 Å². The minimum absolute atomic E-state index is 0. The molecule has 0 radical (unpaired) electrons. The number of hydrogen-bond donors (Lipinski definition) is 1. The molecule has 7 heteroatoms. The zero-order chi connectivity index (χ0) is 16.9. The number of carbonyl (C=O) groups is 2. The molecular formula is C18H22ClN3O2S. The fourth-order valence-electron chi connectivity index (χ4n) is 2.99. The van der Waals surface area contributed by atoms with Crippen LogP contribution in [0.2, 0.25) is 0 Å². The molecule has 0 unspecified atom stereocenters. The Balaban J connectivity index is 0.00000225. The van der Waals surface area contributed by atoms with Gasteiger partial charge in [-0.15, -0.1) is 23.7 Å². The monoisotopic (exact) mass is 379 g/mol. The number of nitrogens with zero attached hydrogens (tertiary/aromatic N) is 2. The number of rotatable bonds is 5. The van der Waals surface area contributed by atoms with Crippen molar-refractivity contribution in [2.75, 3.05) is 19.6 Å². The number of thiazole rings is 1. The first-order valence-electron chi connectivity index (χ1n) is 8.22. The van der Waals surface area contributed by atoms with Crippen LogP contribution < -0.4 is 5.73 Å². The van der Waals surface area contributed by atoms with Crippen molar-refractivity contribution in [2.45, 2.75) is 19.3 Å². The first kappa shape index (κ1) is 19.6. The summed E-state index contributed by atoms with van der Waals surface area (Å²) in [7, 11) is 0. The lowest BCUT2D eigenvalue weighted by molar-refractivity contribution is 0.0646. The molecule has 2 heterocycles. The van der Waals surface area contributed by atoms with E-state index in [2.05, 4.69) is 4.98 Å².